The van der Waals surface area contributed by atoms with Crippen LogP contribution in [0.2, 0.25) is 15.1 Å². The highest BCUT2D eigenvalue weighted by molar-refractivity contribution is 6.43. The van der Waals surface area contributed by atoms with E-state index in [0.717, 1.165) is 0 Å². The Morgan fingerprint density at radius 1 is 1.09 bits per heavy atom. The van der Waals surface area contributed by atoms with Crippen LogP contribution < -0.4 is 10.1 Å². The smallest absolute Gasteiger partial charge is 0.326 e. The van der Waals surface area contributed by atoms with Gasteiger partial charge in [0, 0.05) is 12.5 Å². The molecule has 0 aliphatic carbocycles. The summed E-state index contributed by atoms with van der Waals surface area (Å²) in [7, 11) is 0. The zero-order chi connectivity index (χ0) is 17.6. The van der Waals surface area contributed by atoms with Crippen LogP contribution in [0.15, 0.2) is 12.1 Å². The average molecular weight is 385 g/mol. The minimum atomic E-state index is -1.34. The molecule has 7 nitrogen and oxygen atoms in total. The lowest BCUT2D eigenvalue weighted by Crippen LogP contribution is -2.43. The summed E-state index contributed by atoms with van der Waals surface area (Å²) in [5.41, 5.74) is 0. The molecule has 0 spiro atoms. The van der Waals surface area contributed by atoms with Gasteiger partial charge < -0.3 is 20.3 Å². The van der Waals surface area contributed by atoms with E-state index in [0.29, 0.717) is 0 Å². The maximum absolute atomic E-state index is 11.7. The normalized spacial score (nSPS) is 11.6. The van der Waals surface area contributed by atoms with Gasteiger partial charge in [-0.25, -0.2) is 4.79 Å². The largest absolute Gasteiger partial charge is 0.482 e. The zero-order valence-corrected chi connectivity index (χ0v) is 13.8. The van der Waals surface area contributed by atoms with Gasteiger partial charge in [-0.05, 0) is 12.5 Å². The summed E-state index contributed by atoms with van der Waals surface area (Å²) in [6.45, 7) is -0.519. The molecule has 1 rings (SSSR count). The molecule has 1 aromatic rings. The first-order chi connectivity index (χ1) is 10.7. The van der Waals surface area contributed by atoms with Crippen LogP contribution in [0.1, 0.15) is 12.8 Å². The Kier molecular flexibility index (Phi) is 7.41. The van der Waals surface area contributed by atoms with E-state index in [1.165, 1.54) is 12.1 Å². The van der Waals surface area contributed by atoms with E-state index in [1.807, 2.05) is 0 Å². The maximum atomic E-state index is 11.7. The quantitative estimate of drug-likeness (QED) is 0.593. The van der Waals surface area contributed by atoms with Crippen LogP contribution in [-0.2, 0) is 14.4 Å². The highest BCUT2D eigenvalue weighted by Gasteiger charge is 2.21. The molecule has 0 radical (unpaired) electrons. The van der Waals surface area contributed by atoms with Crippen molar-refractivity contribution in [2.75, 3.05) is 6.61 Å². The van der Waals surface area contributed by atoms with Gasteiger partial charge in [-0.15, -0.1) is 0 Å². The zero-order valence-electron chi connectivity index (χ0n) is 11.5. The van der Waals surface area contributed by atoms with Crippen molar-refractivity contribution >= 4 is 52.6 Å². The molecule has 0 aliphatic rings. The molecule has 0 aromatic heterocycles. The van der Waals surface area contributed by atoms with Crippen LogP contribution in [0.5, 0.6) is 5.75 Å². The van der Waals surface area contributed by atoms with Crippen LogP contribution in [0.3, 0.4) is 0 Å². The molecule has 0 fully saturated rings. The number of carboxylic acid groups (broad SMARTS) is 2. The second-order valence-electron chi connectivity index (χ2n) is 4.38. The summed E-state index contributed by atoms with van der Waals surface area (Å²) >= 11 is 17.4. The number of halogens is 3. The number of carbonyl (C=O) groups excluding carboxylic acids is 1. The Morgan fingerprint density at radius 3 is 2.26 bits per heavy atom. The summed E-state index contributed by atoms with van der Waals surface area (Å²) in [5.74, 6) is -3.14. The summed E-state index contributed by atoms with van der Waals surface area (Å²) in [6, 6.07) is 1.33. The average Bonchev–Trinajstić information content (AvgIpc) is 2.45. The third-order valence-corrected chi connectivity index (χ3v) is 3.63. The number of hydrogen-bond donors (Lipinski definition) is 3. The lowest BCUT2D eigenvalue weighted by Gasteiger charge is -2.14. The molecule has 3 N–H and O–H groups in total. The Hall–Kier alpha value is -1.70. The standard InChI is InChI=1S/C13H12Cl3NO6/c14-6-3-8(16)10(4-7(6)15)23-5-11(18)17-9(13(21)22)1-2-12(19)20/h3-4,9H,1-2,5H2,(H,17,18)(H,19,20)(H,21,22)/t9-/m0/s1. The molecule has 23 heavy (non-hydrogen) atoms. The Labute approximate surface area is 146 Å². The van der Waals surface area contributed by atoms with Crippen molar-refractivity contribution in [3.05, 3.63) is 27.2 Å². The molecule has 126 valence electrons. The van der Waals surface area contributed by atoms with E-state index in [9.17, 15) is 14.4 Å². The summed E-state index contributed by atoms with van der Waals surface area (Å²) in [6.07, 6.45) is -0.638. The molecule has 1 aromatic carbocycles. The molecular weight excluding hydrogens is 373 g/mol. The van der Waals surface area contributed by atoms with E-state index in [1.54, 1.807) is 0 Å². The van der Waals surface area contributed by atoms with Crippen molar-refractivity contribution in [3.8, 4) is 5.75 Å². The van der Waals surface area contributed by atoms with Crippen LogP contribution in [0.4, 0.5) is 0 Å². The first kappa shape index (κ1) is 19.3. The summed E-state index contributed by atoms with van der Waals surface area (Å²) in [4.78, 5) is 33.1. The van der Waals surface area contributed by atoms with E-state index < -0.39 is 36.9 Å². The number of hydrogen-bond acceptors (Lipinski definition) is 4. The number of carboxylic acids is 2. The van der Waals surface area contributed by atoms with E-state index in [2.05, 4.69) is 5.32 Å². The Morgan fingerprint density at radius 2 is 1.70 bits per heavy atom. The monoisotopic (exact) mass is 383 g/mol. The van der Waals surface area contributed by atoms with Gasteiger partial charge in [0.2, 0.25) is 0 Å². The topological polar surface area (TPSA) is 113 Å². The van der Waals surface area contributed by atoms with Crippen molar-refractivity contribution in [3.63, 3.8) is 0 Å². The van der Waals surface area contributed by atoms with Gasteiger partial charge in [-0.1, -0.05) is 34.8 Å². The van der Waals surface area contributed by atoms with Gasteiger partial charge in [0.1, 0.15) is 11.8 Å². The number of aliphatic carboxylic acids is 2. The molecular formula is C13H12Cl3NO6. The number of benzene rings is 1. The first-order valence-electron chi connectivity index (χ1n) is 6.22. The van der Waals surface area contributed by atoms with Gasteiger partial charge in [0.25, 0.3) is 5.91 Å². The lowest BCUT2D eigenvalue weighted by molar-refractivity contribution is -0.143. The summed E-state index contributed by atoms with van der Waals surface area (Å²) < 4.78 is 5.14. The van der Waals surface area contributed by atoms with Crippen molar-refractivity contribution in [2.45, 2.75) is 18.9 Å². The fraction of sp³-hybridized carbons (Fsp3) is 0.308. The van der Waals surface area contributed by atoms with Crippen molar-refractivity contribution < 1.29 is 29.3 Å². The second-order valence-corrected chi connectivity index (χ2v) is 5.60. The maximum Gasteiger partial charge on any atom is 0.326 e. The highest BCUT2D eigenvalue weighted by Crippen LogP contribution is 2.33. The van der Waals surface area contributed by atoms with Crippen LogP contribution in [-0.4, -0.2) is 40.7 Å². The van der Waals surface area contributed by atoms with Crippen LogP contribution >= 0.6 is 34.8 Å². The van der Waals surface area contributed by atoms with Gasteiger partial charge in [0.15, 0.2) is 6.61 Å². The third-order valence-electron chi connectivity index (χ3n) is 2.61. The van der Waals surface area contributed by atoms with Crippen LogP contribution in [0.25, 0.3) is 0 Å². The second kappa shape index (κ2) is 8.81. The summed E-state index contributed by atoms with van der Waals surface area (Å²) in [5, 5.41) is 20.2. The molecule has 1 atom stereocenters. The Balaban J connectivity index is 2.60. The molecule has 0 bridgehead atoms. The third kappa shape index (κ3) is 6.52. The van der Waals surface area contributed by atoms with E-state index >= 15 is 0 Å². The van der Waals surface area contributed by atoms with E-state index in [4.69, 9.17) is 49.8 Å². The van der Waals surface area contributed by atoms with Gasteiger partial charge >= 0.3 is 11.9 Å². The SMILES string of the molecule is O=C(O)CC[C@H](NC(=O)COc1cc(Cl)c(Cl)cc1Cl)C(=O)O. The van der Waals surface area contributed by atoms with E-state index in [-0.39, 0.29) is 27.2 Å². The van der Waals surface area contributed by atoms with Crippen molar-refractivity contribution in [1.29, 1.82) is 0 Å². The fourth-order valence-electron chi connectivity index (χ4n) is 1.52. The van der Waals surface area contributed by atoms with Gasteiger partial charge in [-0.2, -0.15) is 0 Å². The molecule has 0 unspecified atom stereocenters. The number of carbonyl (C=O) groups is 3. The molecule has 0 heterocycles. The minimum Gasteiger partial charge on any atom is -0.482 e. The fourth-order valence-corrected chi connectivity index (χ4v) is 2.11. The predicted molar refractivity (Wildman–Crippen MR) is 83.4 cm³/mol. The Bertz CT molecular complexity index is 622. The van der Waals surface area contributed by atoms with Gasteiger partial charge in [-0.3, -0.25) is 9.59 Å². The lowest BCUT2D eigenvalue weighted by atomic mass is 10.1. The predicted octanol–water partition coefficient (Wildman–Crippen LogP) is 2.46. The molecule has 0 aliphatic heterocycles. The molecule has 10 heteroatoms. The van der Waals surface area contributed by atoms with Crippen molar-refractivity contribution in [1.82, 2.24) is 5.32 Å². The van der Waals surface area contributed by atoms with Crippen LogP contribution in [0, 0.1) is 0 Å². The number of rotatable bonds is 8. The molecule has 1 amide bonds. The first-order valence-corrected chi connectivity index (χ1v) is 7.35. The minimum absolute atomic E-state index is 0.105. The molecule has 0 saturated heterocycles. The number of ether oxygens (including phenoxy) is 1. The number of nitrogens with one attached hydrogen (secondary N) is 1. The van der Waals surface area contributed by atoms with Crippen molar-refractivity contribution in [2.24, 2.45) is 0 Å². The highest BCUT2D eigenvalue weighted by atomic mass is 35.5. The number of amides is 1. The van der Waals surface area contributed by atoms with Gasteiger partial charge in [0.05, 0.1) is 15.1 Å². The molecule has 0 saturated carbocycles.